The van der Waals surface area contributed by atoms with Crippen molar-refractivity contribution in [1.29, 1.82) is 0 Å². The van der Waals surface area contributed by atoms with Crippen molar-refractivity contribution in [3.05, 3.63) is 44.5 Å². The molecule has 0 unspecified atom stereocenters. The molecule has 0 aliphatic heterocycles. The lowest BCUT2D eigenvalue weighted by atomic mass is 10.1. The van der Waals surface area contributed by atoms with Crippen LogP contribution in [0.1, 0.15) is 25.3 Å². The minimum Gasteiger partial charge on any atom is -0.310 e. The van der Waals surface area contributed by atoms with Gasteiger partial charge in [0.2, 0.25) is 0 Å². The molecule has 18 heavy (non-hydrogen) atoms. The van der Waals surface area contributed by atoms with Gasteiger partial charge in [0.15, 0.2) is 0 Å². The van der Waals surface area contributed by atoms with Crippen molar-refractivity contribution in [3.8, 4) is 0 Å². The van der Waals surface area contributed by atoms with Gasteiger partial charge >= 0.3 is 0 Å². The highest BCUT2D eigenvalue weighted by molar-refractivity contribution is 6.30. The van der Waals surface area contributed by atoms with Crippen LogP contribution in [0, 0.1) is 10.1 Å². The number of nitro groups is 1. The van der Waals surface area contributed by atoms with Crippen LogP contribution in [0.2, 0.25) is 5.02 Å². The van der Waals surface area contributed by atoms with Crippen molar-refractivity contribution in [3.63, 3.8) is 0 Å². The maximum atomic E-state index is 10.9. The van der Waals surface area contributed by atoms with E-state index in [-0.39, 0.29) is 10.6 Å². The second kappa shape index (κ2) is 5.50. The molecular weight excluding hydrogens is 252 g/mol. The normalized spacial score (nSPS) is 15.8. The Morgan fingerprint density at radius 3 is 2.94 bits per heavy atom. The van der Waals surface area contributed by atoms with Gasteiger partial charge < -0.3 is 5.32 Å². The molecule has 1 aromatic carbocycles. The molecule has 1 saturated carbocycles. The monoisotopic (exact) mass is 266 g/mol. The molecule has 1 aliphatic rings. The van der Waals surface area contributed by atoms with Gasteiger partial charge in [0.05, 0.1) is 10.5 Å². The van der Waals surface area contributed by atoms with E-state index < -0.39 is 0 Å². The Hall–Kier alpha value is -1.39. The number of hydrogen-bond donors (Lipinski definition) is 1. The van der Waals surface area contributed by atoms with E-state index >= 15 is 0 Å². The predicted octanol–water partition coefficient (Wildman–Crippen LogP) is 3.40. The molecule has 4 nitrogen and oxygen atoms in total. The summed E-state index contributed by atoms with van der Waals surface area (Å²) in [7, 11) is 0. The minimum atomic E-state index is -0.385. The Balaban J connectivity index is 2.16. The van der Waals surface area contributed by atoms with Crippen LogP contribution in [0.3, 0.4) is 0 Å². The lowest BCUT2D eigenvalue weighted by Gasteiger charge is -2.04. The summed E-state index contributed by atoms with van der Waals surface area (Å²) in [5, 5.41) is 14.8. The third kappa shape index (κ3) is 3.55. The van der Waals surface area contributed by atoms with Gasteiger partial charge in [-0.3, -0.25) is 10.1 Å². The fourth-order valence-electron chi connectivity index (χ4n) is 1.72. The molecular formula is C13H15ClN2O2. The van der Waals surface area contributed by atoms with E-state index in [0.29, 0.717) is 16.6 Å². The SMILES string of the molecule is C/C(=C/c1cc(Cl)ccc1[N+](=O)[O-])CNC1CC1. The van der Waals surface area contributed by atoms with Crippen molar-refractivity contribution in [2.24, 2.45) is 0 Å². The number of hydrogen-bond acceptors (Lipinski definition) is 3. The molecule has 1 N–H and O–H groups in total. The van der Waals surface area contributed by atoms with Crippen LogP contribution in [0.5, 0.6) is 0 Å². The van der Waals surface area contributed by atoms with Gasteiger partial charge in [-0.25, -0.2) is 0 Å². The van der Waals surface area contributed by atoms with E-state index in [2.05, 4.69) is 5.32 Å². The largest absolute Gasteiger partial charge is 0.310 e. The quantitative estimate of drug-likeness (QED) is 0.656. The maximum Gasteiger partial charge on any atom is 0.276 e. The molecule has 2 rings (SSSR count). The smallest absolute Gasteiger partial charge is 0.276 e. The first-order valence-electron chi connectivity index (χ1n) is 5.91. The number of halogens is 1. The summed E-state index contributed by atoms with van der Waals surface area (Å²) in [5.41, 5.74) is 1.71. The van der Waals surface area contributed by atoms with Crippen molar-refractivity contribution in [1.82, 2.24) is 5.32 Å². The molecule has 0 heterocycles. The number of nitrogens with zero attached hydrogens (tertiary/aromatic N) is 1. The van der Waals surface area contributed by atoms with Crippen LogP contribution >= 0.6 is 11.6 Å². The van der Waals surface area contributed by atoms with Crippen molar-refractivity contribution in [2.75, 3.05) is 6.54 Å². The molecule has 1 aromatic rings. The van der Waals surface area contributed by atoms with Gasteiger partial charge in [-0.05, 0) is 38.0 Å². The van der Waals surface area contributed by atoms with Gasteiger partial charge in [-0.2, -0.15) is 0 Å². The highest BCUT2D eigenvalue weighted by Gasteiger charge is 2.20. The Kier molecular flexibility index (Phi) is 3.99. The second-order valence-corrected chi connectivity index (χ2v) is 5.04. The van der Waals surface area contributed by atoms with Gasteiger partial charge in [0.25, 0.3) is 5.69 Å². The van der Waals surface area contributed by atoms with E-state index in [4.69, 9.17) is 11.6 Å². The molecule has 0 amide bonds. The van der Waals surface area contributed by atoms with Crippen molar-refractivity contribution < 1.29 is 4.92 Å². The fourth-order valence-corrected chi connectivity index (χ4v) is 1.90. The zero-order valence-corrected chi connectivity index (χ0v) is 10.9. The van der Waals surface area contributed by atoms with E-state index in [0.717, 1.165) is 12.1 Å². The Morgan fingerprint density at radius 2 is 2.33 bits per heavy atom. The number of nitrogens with one attached hydrogen (secondary N) is 1. The summed E-state index contributed by atoms with van der Waals surface area (Å²) < 4.78 is 0. The summed E-state index contributed by atoms with van der Waals surface area (Å²) in [5.74, 6) is 0. The summed E-state index contributed by atoms with van der Waals surface area (Å²) in [6, 6.07) is 5.23. The summed E-state index contributed by atoms with van der Waals surface area (Å²) >= 11 is 5.87. The summed E-state index contributed by atoms with van der Waals surface area (Å²) in [6.07, 6.45) is 4.27. The molecule has 0 spiro atoms. The van der Waals surface area contributed by atoms with E-state index in [1.807, 2.05) is 13.0 Å². The first-order chi connectivity index (χ1) is 8.56. The van der Waals surface area contributed by atoms with Crippen LogP contribution in [0.4, 0.5) is 5.69 Å². The fraction of sp³-hybridized carbons (Fsp3) is 0.385. The highest BCUT2D eigenvalue weighted by Crippen LogP contribution is 2.25. The highest BCUT2D eigenvalue weighted by atomic mass is 35.5. The van der Waals surface area contributed by atoms with Gasteiger partial charge in [-0.1, -0.05) is 17.2 Å². The van der Waals surface area contributed by atoms with Crippen LogP contribution in [-0.4, -0.2) is 17.5 Å². The van der Waals surface area contributed by atoms with E-state index in [1.54, 1.807) is 6.07 Å². The Bertz CT molecular complexity index is 496. The van der Waals surface area contributed by atoms with Crippen LogP contribution in [-0.2, 0) is 0 Å². The van der Waals surface area contributed by atoms with E-state index in [9.17, 15) is 10.1 Å². The Morgan fingerprint density at radius 1 is 1.61 bits per heavy atom. The third-order valence-electron chi connectivity index (χ3n) is 2.84. The van der Waals surface area contributed by atoms with E-state index in [1.165, 1.54) is 25.0 Å². The average Bonchev–Trinajstić information content (AvgIpc) is 3.09. The second-order valence-electron chi connectivity index (χ2n) is 4.61. The number of rotatable bonds is 5. The van der Waals surface area contributed by atoms with Gasteiger partial charge in [-0.15, -0.1) is 0 Å². The van der Waals surface area contributed by atoms with Crippen LogP contribution < -0.4 is 5.32 Å². The molecule has 0 saturated heterocycles. The molecule has 0 radical (unpaired) electrons. The van der Waals surface area contributed by atoms with Crippen LogP contribution in [0.15, 0.2) is 23.8 Å². The summed E-state index contributed by atoms with van der Waals surface area (Å²) in [6.45, 7) is 2.72. The standard InChI is InChI=1S/C13H15ClN2O2/c1-9(8-15-12-3-4-12)6-10-7-11(14)2-5-13(10)16(17)18/h2,5-7,12,15H,3-4,8H2,1H3/b9-6-. The predicted molar refractivity (Wildman–Crippen MR) is 72.8 cm³/mol. The minimum absolute atomic E-state index is 0.0881. The first-order valence-corrected chi connectivity index (χ1v) is 6.28. The molecule has 0 aromatic heterocycles. The molecule has 1 fully saturated rings. The average molecular weight is 267 g/mol. The Labute approximate surface area is 111 Å². The molecule has 0 atom stereocenters. The molecule has 5 heteroatoms. The third-order valence-corrected chi connectivity index (χ3v) is 3.07. The molecule has 0 bridgehead atoms. The van der Waals surface area contributed by atoms with Crippen LogP contribution in [0.25, 0.3) is 6.08 Å². The molecule has 1 aliphatic carbocycles. The number of benzene rings is 1. The summed E-state index contributed by atoms with van der Waals surface area (Å²) in [4.78, 5) is 10.5. The van der Waals surface area contributed by atoms with Gasteiger partial charge in [0.1, 0.15) is 0 Å². The number of nitro benzene ring substituents is 1. The molecule has 96 valence electrons. The maximum absolute atomic E-state index is 10.9. The topological polar surface area (TPSA) is 55.2 Å². The zero-order valence-electron chi connectivity index (χ0n) is 10.1. The van der Waals surface area contributed by atoms with Crippen molar-refractivity contribution >= 4 is 23.4 Å². The van der Waals surface area contributed by atoms with Gasteiger partial charge in [0, 0.05) is 23.7 Å². The lowest BCUT2D eigenvalue weighted by Crippen LogP contribution is -2.18. The zero-order chi connectivity index (χ0) is 13.1. The first kappa shape index (κ1) is 13.1. The lowest BCUT2D eigenvalue weighted by molar-refractivity contribution is -0.385. The van der Waals surface area contributed by atoms with Crippen molar-refractivity contribution in [2.45, 2.75) is 25.8 Å².